The van der Waals surface area contributed by atoms with E-state index in [4.69, 9.17) is 38.9 Å². The van der Waals surface area contributed by atoms with Gasteiger partial charge in [-0.2, -0.15) is 0 Å². The fourth-order valence-electron chi connectivity index (χ4n) is 1.63. The lowest BCUT2D eigenvalue weighted by Gasteiger charge is -2.12. The van der Waals surface area contributed by atoms with Crippen molar-refractivity contribution in [2.45, 2.75) is 6.92 Å². The first-order valence-corrected chi connectivity index (χ1v) is 6.35. The Labute approximate surface area is 125 Å². The zero-order valence-corrected chi connectivity index (χ0v) is 12.0. The molecule has 1 aromatic heterocycles. The van der Waals surface area contributed by atoms with Crippen LogP contribution in [0.2, 0.25) is 10.0 Å². The van der Waals surface area contributed by atoms with E-state index < -0.39 is 0 Å². The van der Waals surface area contributed by atoms with E-state index in [1.807, 2.05) is 0 Å². The highest BCUT2D eigenvalue weighted by molar-refractivity contribution is 6.35. The number of aryl methyl sites for hydroxylation is 1. The summed E-state index contributed by atoms with van der Waals surface area (Å²) in [6.07, 6.45) is 1.56. The van der Waals surface area contributed by atoms with Gasteiger partial charge in [0.15, 0.2) is 5.84 Å². The van der Waals surface area contributed by atoms with Crippen molar-refractivity contribution in [3.8, 4) is 11.6 Å². The summed E-state index contributed by atoms with van der Waals surface area (Å²) < 4.78 is 5.63. The number of benzene rings is 1. The van der Waals surface area contributed by atoms with E-state index in [0.717, 1.165) is 5.56 Å². The summed E-state index contributed by atoms with van der Waals surface area (Å²) in [5, 5.41) is 12.6. The minimum absolute atomic E-state index is 0.0873. The molecule has 2 rings (SSSR count). The Morgan fingerprint density at radius 1 is 1.35 bits per heavy atom. The number of ether oxygens (including phenoxy) is 1. The van der Waals surface area contributed by atoms with E-state index in [9.17, 15) is 0 Å². The normalized spacial score (nSPS) is 11.4. The number of rotatable bonds is 3. The molecule has 0 radical (unpaired) electrons. The fourth-order valence-corrected chi connectivity index (χ4v) is 2.08. The van der Waals surface area contributed by atoms with E-state index in [-0.39, 0.29) is 11.7 Å². The van der Waals surface area contributed by atoms with Crippen LogP contribution < -0.4 is 10.5 Å². The van der Waals surface area contributed by atoms with Gasteiger partial charge in [-0.1, -0.05) is 28.4 Å². The highest BCUT2D eigenvalue weighted by Crippen LogP contribution is 2.32. The van der Waals surface area contributed by atoms with Crippen molar-refractivity contribution >= 4 is 29.0 Å². The number of halogens is 2. The Hall–Kier alpha value is -1.98. The van der Waals surface area contributed by atoms with Crippen LogP contribution in [0.1, 0.15) is 11.1 Å². The summed E-state index contributed by atoms with van der Waals surface area (Å²) in [6, 6.07) is 6.54. The molecule has 1 aromatic carbocycles. The van der Waals surface area contributed by atoms with Crippen LogP contribution in [0.4, 0.5) is 0 Å². The molecule has 7 heteroatoms. The Kier molecular flexibility index (Phi) is 4.32. The van der Waals surface area contributed by atoms with Crippen LogP contribution in [-0.2, 0) is 0 Å². The predicted octanol–water partition coefficient (Wildman–Crippen LogP) is 3.58. The molecule has 20 heavy (non-hydrogen) atoms. The maximum Gasteiger partial charge on any atom is 0.230 e. The molecule has 0 spiro atoms. The monoisotopic (exact) mass is 311 g/mol. The minimum atomic E-state index is -0.0873. The van der Waals surface area contributed by atoms with E-state index in [1.54, 1.807) is 37.4 Å². The number of oxime groups is 1. The van der Waals surface area contributed by atoms with Crippen LogP contribution in [0.25, 0.3) is 0 Å². The van der Waals surface area contributed by atoms with Crippen molar-refractivity contribution in [1.29, 1.82) is 0 Å². The highest BCUT2D eigenvalue weighted by atomic mass is 35.5. The first kappa shape index (κ1) is 14.4. The van der Waals surface area contributed by atoms with Gasteiger partial charge in [-0.3, -0.25) is 0 Å². The van der Waals surface area contributed by atoms with Gasteiger partial charge in [-0.25, -0.2) is 4.98 Å². The maximum atomic E-state index is 8.83. The molecule has 0 aliphatic carbocycles. The Bertz CT molecular complexity index is 675. The molecular weight excluding hydrogens is 301 g/mol. The van der Waals surface area contributed by atoms with Gasteiger partial charge in [0.1, 0.15) is 5.75 Å². The van der Waals surface area contributed by atoms with Crippen molar-refractivity contribution in [2.24, 2.45) is 10.9 Å². The van der Waals surface area contributed by atoms with Gasteiger partial charge >= 0.3 is 0 Å². The second-order valence-electron chi connectivity index (χ2n) is 3.97. The molecule has 1 heterocycles. The van der Waals surface area contributed by atoms with Gasteiger partial charge in [0, 0.05) is 11.2 Å². The standard InChI is InChI=1S/C13H11Cl2N3O2/c1-7-4-5-17-13(11(7)12(16)18-19)20-10-3-2-8(14)6-9(10)15/h2-6,19H,1H3,(H2,16,18). The maximum absolute atomic E-state index is 8.83. The number of hydrogen-bond acceptors (Lipinski definition) is 4. The quantitative estimate of drug-likeness (QED) is 0.393. The van der Waals surface area contributed by atoms with Crippen LogP contribution in [0.5, 0.6) is 11.6 Å². The van der Waals surface area contributed by atoms with E-state index in [2.05, 4.69) is 10.1 Å². The molecule has 5 nitrogen and oxygen atoms in total. The lowest BCUT2D eigenvalue weighted by molar-refractivity contribution is 0.318. The second-order valence-corrected chi connectivity index (χ2v) is 4.81. The molecule has 104 valence electrons. The SMILES string of the molecule is Cc1ccnc(Oc2ccc(Cl)cc2Cl)c1/C(N)=N/O. The molecule has 0 saturated carbocycles. The zero-order valence-electron chi connectivity index (χ0n) is 10.5. The molecule has 0 amide bonds. The smallest absolute Gasteiger partial charge is 0.230 e. The first-order chi connectivity index (χ1) is 9.52. The third kappa shape index (κ3) is 2.95. The van der Waals surface area contributed by atoms with Crippen LogP contribution in [0.15, 0.2) is 35.6 Å². The Morgan fingerprint density at radius 2 is 2.10 bits per heavy atom. The third-order valence-electron chi connectivity index (χ3n) is 2.59. The third-order valence-corrected chi connectivity index (χ3v) is 3.12. The van der Waals surface area contributed by atoms with Crippen molar-refractivity contribution in [2.75, 3.05) is 0 Å². The van der Waals surface area contributed by atoms with Crippen LogP contribution in [-0.4, -0.2) is 16.0 Å². The molecule has 0 unspecified atom stereocenters. The number of hydrogen-bond donors (Lipinski definition) is 2. The topological polar surface area (TPSA) is 80.7 Å². The molecule has 0 fully saturated rings. The lowest BCUT2D eigenvalue weighted by atomic mass is 10.1. The van der Waals surface area contributed by atoms with Crippen molar-refractivity contribution in [3.05, 3.63) is 51.6 Å². The molecule has 0 aliphatic heterocycles. The van der Waals surface area contributed by atoms with Crippen molar-refractivity contribution < 1.29 is 9.94 Å². The van der Waals surface area contributed by atoms with Crippen LogP contribution in [0, 0.1) is 6.92 Å². The van der Waals surface area contributed by atoms with Crippen molar-refractivity contribution in [1.82, 2.24) is 4.98 Å². The number of nitrogens with two attached hydrogens (primary N) is 1. The molecule has 0 bridgehead atoms. The summed E-state index contributed by atoms with van der Waals surface area (Å²) in [5.74, 6) is 0.487. The average molecular weight is 312 g/mol. The van der Waals surface area contributed by atoms with Gasteiger partial charge < -0.3 is 15.7 Å². The molecule has 0 atom stereocenters. The average Bonchev–Trinajstić information content (AvgIpc) is 2.41. The zero-order chi connectivity index (χ0) is 14.7. The molecule has 2 aromatic rings. The lowest BCUT2D eigenvalue weighted by Crippen LogP contribution is -2.16. The number of pyridine rings is 1. The fraction of sp³-hybridized carbons (Fsp3) is 0.0769. The highest BCUT2D eigenvalue weighted by Gasteiger charge is 2.15. The van der Waals surface area contributed by atoms with Gasteiger partial charge in [0.25, 0.3) is 0 Å². The van der Waals surface area contributed by atoms with Crippen LogP contribution in [0.3, 0.4) is 0 Å². The minimum Gasteiger partial charge on any atom is -0.437 e. The summed E-state index contributed by atoms with van der Waals surface area (Å²) in [5.41, 5.74) is 6.80. The number of aromatic nitrogens is 1. The Balaban J connectivity index is 2.46. The Morgan fingerprint density at radius 3 is 2.75 bits per heavy atom. The molecule has 3 N–H and O–H groups in total. The number of amidine groups is 1. The molecular formula is C13H11Cl2N3O2. The first-order valence-electron chi connectivity index (χ1n) is 5.59. The summed E-state index contributed by atoms with van der Waals surface area (Å²) in [6.45, 7) is 1.80. The van der Waals surface area contributed by atoms with Gasteiger partial charge in [0.2, 0.25) is 5.88 Å². The van der Waals surface area contributed by atoms with Crippen LogP contribution >= 0.6 is 23.2 Å². The van der Waals surface area contributed by atoms with Crippen molar-refractivity contribution in [3.63, 3.8) is 0 Å². The molecule has 0 aliphatic rings. The molecule has 0 saturated heterocycles. The van der Waals surface area contributed by atoms with Gasteiger partial charge in [-0.05, 0) is 36.8 Å². The number of nitrogens with zero attached hydrogens (tertiary/aromatic N) is 2. The predicted molar refractivity (Wildman–Crippen MR) is 78.0 cm³/mol. The second kappa shape index (κ2) is 5.98. The van der Waals surface area contributed by atoms with Gasteiger partial charge in [-0.15, -0.1) is 0 Å². The van der Waals surface area contributed by atoms with E-state index in [1.165, 1.54) is 0 Å². The van der Waals surface area contributed by atoms with Gasteiger partial charge in [0.05, 0.1) is 10.6 Å². The van der Waals surface area contributed by atoms with E-state index in [0.29, 0.717) is 21.4 Å². The summed E-state index contributed by atoms with van der Waals surface area (Å²) in [7, 11) is 0. The largest absolute Gasteiger partial charge is 0.437 e. The summed E-state index contributed by atoms with van der Waals surface area (Å²) >= 11 is 11.9. The van der Waals surface area contributed by atoms with E-state index >= 15 is 0 Å². The summed E-state index contributed by atoms with van der Waals surface area (Å²) in [4.78, 5) is 4.08.